The van der Waals surface area contributed by atoms with Gasteiger partial charge in [-0.3, -0.25) is 0 Å². The molecule has 0 heterocycles. The molecule has 4 nitrogen and oxygen atoms in total. The van der Waals surface area contributed by atoms with Gasteiger partial charge in [0.2, 0.25) is 0 Å². The van der Waals surface area contributed by atoms with E-state index in [2.05, 4.69) is 5.32 Å². The van der Waals surface area contributed by atoms with Gasteiger partial charge in [-0.2, -0.15) is 0 Å². The highest BCUT2D eigenvalue weighted by Gasteiger charge is 2.29. The summed E-state index contributed by atoms with van der Waals surface area (Å²) in [7, 11) is 0. The number of hydrogen-bond acceptors (Lipinski definition) is 3. The van der Waals surface area contributed by atoms with Crippen molar-refractivity contribution in [2.24, 2.45) is 0 Å². The molecule has 1 rings (SSSR count). The molecule has 0 spiro atoms. The average molecular weight is 231 g/mol. The number of halogens is 2. The summed E-state index contributed by atoms with van der Waals surface area (Å²) >= 11 is 0. The minimum absolute atomic E-state index is 0.193. The van der Waals surface area contributed by atoms with Gasteiger partial charge in [0.1, 0.15) is 0 Å². The van der Waals surface area contributed by atoms with Gasteiger partial charge in [-0.1, -0.05) is 6.07 Å². The predicted octanol–water partition coefficient (Wildman–Crippen LogP) is 1.21. The Balaban J connectivity index is 2.76. The van der Waals surface area contributed by atoms with Gasteiger partial charge in [-0.05, 0) is 19.1 Å². The minimum Gasteiger partial charge on any atom is -0.479 e. The van der Waals surface area contributed by atoms with Crippen LogP contribution in [0, 0.1) is 11.6 Å². The largest absolute Gasteiger partial charge is 0.479 e. The van der Waals surface area contributed by atoms with Crippen LogP contribution in [-0.2, 0) is 4.79 Å². The van der Waals surface area contributed by atoms with E-state index in [9.17, 15) is 18.7 Å². The Morgan fingerprint density at radius 3 is 2.69 bits per heavy atom. The molecule has 0 bridgehead atoms. The third kappa shape index (κ3) is 2.66. The fourth-order valence-electron chi connectivity index (χ4n) is 0.983. The van der Waals surface area contributed by atoms with Crippen molar-refractivity contribution < 1.29 is 23.8 Å². The highest BCUT2D eigenvalue weighted by Crippen LogP contribution is 2.17. The fourth-order valence-corrected chi connectivity index (χ4v) is 0.983. The van der Waals surface area contributed by atoms with Crippen molar-refractivity contribution in [2.45, 2.75) is 12.5 Å². The Morgan fingerprint density at radius 2 is 2.12 bits per heavy atom. The Morgan fingerprint density at radius 1 is 1.50 bits per heavy atom. The van der Waals surface area contributed by atoms with E-state index in [-0.39, 0.29) is 5.69 Å². The second kappa shape index (κ2) is 4.44. The summed E-state index contributed by atoms with van der Waals surface area (Å²) < 4.78 is 25.9. The van der Waals surface area contributed by atoms with Crippen LogP contribution in [0.3, 0.4) is 0 Å². The van der Waals surface area contributed by atoms with Crippen molar-refractivity contribution in [1.82, 2.24) is 0 Å². The summed E-state index contributed by atoms with van der Waals surface area (Å²) in [6, 6.07) is 3.46. The monoisotopic (exact) mass is 231 g/mol. The molecule has 3 N–H and O–H groups in total. The highest BCUT2D eigenvalue weighted by molar-refractivity contribution is 5.77. The zero-order chi connectivity index (χ0) is 12.3. The number of anilines is 1. The van der Waals surface area contributed by atoms with E-state index >= 15 is 0 Å². The van der Waals surface area contributed by atoms with Gasteiger partial charge in [0.15, 0.2) is 17.2 Å². The van der Waals surface area contributed by atoms with Crippen LogP contribution in [-0.4, -0.2) is 28.3 Å². The van der Waals surface area contributed by atoms with E-state index in [4.69, 9.17) is 5.11 Å². The van der Waals surface area contributed by atoms with E-state index in [1.54, 1.807) is 0 Å². The van der Waals surface area contributed by atoms with Crippen molar-refractivity contribution in [2.75, 3.05) is 11.9 Å². The second-order valence-corrected chi connectivity index (χ2v) is 3.53. The maximum absolute atomic E-state index is 13.1. The fraction of sp³-hybridized carbons (Fsp3) is 0.300. The van der Waals surface area contributed by atoms with Gasteiger partial charge in [0.25, 0.3) is 0 Å². The number of aliphatic hydroxyl groups is 1. The molecule has 0 aliphatic carbocycles. The van der Waals surface area contributed by atoms with Crippen LogP contribution in [0.25, 0.3) is 0 Å². The summed E-state index contributed by atoms with van der Waals surface area (Å²) in [5.74, 6) is -3.60. The van der Waals surface area contributed by atoms with Crippen molar-refractivity contribution in [3.8, 4) is 0 Å². The SMILES string of the molecule is CC(O)(CNc1cccc(F)c1F)C(=O)O. The second-order valence-electron chi connectivity index (χ2n) is 3.53. The van der Waals surface area contributed by atoms with Crippen LogP contribution in [0.4, 0.5) is 14.5 Å². The maximum atomic E-state index is 13.1. The molecule has 1 unspecified atom stereocenters. The molecule has 1 atom stereocenters. The molecular weight excluding hydrogens is 220 g/mol. The van der Waals surface area contributed by atoms with Gasteiger partial charge in [-0.25, -0.2) is 13.6 Å². The average Bonchev–Trinajstić information content (AvgIpc) is 2.20. The summed E-state index contributed by atoms with van der Waals surface area (Å²) in [4.78, 5) is 10.5. The van der Waals surface area contributed by atoms with E-state index in [1.807, 2.05) is 0 Å². The molecule has 0 amide bonds. The number of nitrogens with one attached hydrogen (secondary N) is 1. The molecule has 16 heavy (non-hydrogen) atoms. The predicted molar refractivity (Wildman–Crippen MR) is 53.1 cm³/mol. The first-order valence-electron chi connectivity index (χ1n) is 4.48. The molecule has 0 fully saturated rings. The number of benzene rings is 1. The Hall–Kier alpha value is -1.69. The van der Waals surface area contributed by atoms with Crippen LogP contribution < -0.4 is 5.32 Å². The standard InChI is InChI=1S/C10H11F2NO3/c1-10(16,9(14)15)5-13-7-4-2-3-6(11)8(7)12/h2-4,13,16H,5H2,1H3,(H,14,15). The number of aliphatic carboxylic acids is 1. The lowest BCUT2D eigenvalue weighted by molar-refractivity contribution is -0.155. The topological polar surface area (TPSA) is 69.6 Å². The molecule has 0 radical (unpaired) electrons. The van der Waals surface area contributed by atoms with Crippen LogP contribution in [0.2, 0.25) is 0 Å². The molecule has 0 saturated carbocycles. The molecule has 0 aliphatic rings. The molecule has 0 aliphatic heterocycles. The first-order chi connectivity index (χ1) is 7.34. The lowest BCUT2D eigenvalue weighted by Crippen LogP contribution is -2.41. The van der Waals surface area contributed by atoms with Crippen LogP contribution in [0.1, 0.15) is 6.92 Å². The summed E-state index contributed by atoms with van der Waals surface area (Å²) in [5.41, 5.74) is -2.24. The zero-order valence-electron chi connectivity index (χ0n) is 8.50. The van der Waals surface area contributed by atoms with Crippen LogP contribution in [0.15, 0.2) is 18.2 Å². The smallest absolute Gasteiger partial charge is 0.337 e. The maximum Gasteiger partial charge on any atom is 0.337 e. The van der Waals surface area contributed by atoms with Crippen molar-refractivity contribution in [1.29, 1.82) is 0 Å². The minimum atomic E-state index is -2.04. The summed E-state index contributed by atoms with van der Waals surface area (Å²) in [6.07, 6.45) is 0. The van der Waals surface area contributed by atoms with E-state index < -0.39 is 29.7 Å². The molecule has 88 valence electrons. The van der Waals surface area contributed by atoms with Gasteiger partial charge in [0, 0.05) is 0 Å². The van der Waals surface area contributed by atoms with E-state index in [0.717, 1.165) is 13.0 Å². The van der Waals surface area contributed by atoms with Crippen molar-refractivity contribution in [3.05, 3.63) is 29.8 Å². The molecule has 0 aromatic heterocycles. The number of carboxylic acids is 1. The van der Waals surface area contributed by atoms with Gasteiger partial charge >= 0.3 is 5.97 Å². The summed E-state index contributed by atoms with van der Waals surface area (Å²) in [6.45, 7) is 0.627. The zero-order valence-corrected chi connectivity index (χ0v) is 8.50. The Labute approximate surface area is 90.5 Å². The van der Waals surface area contributed by atoms with Crippen molar-refractivity contribution in [3.63, 3.8) is 0 Å². The van der Waals surface area contributed by atoms with E-state index in [1.165, 1.54) is 12.1 Å². The Bertz CT molecular complexity index is 407. The summed E-state index contributed by atoms with van der Waals surface area (Å²) in [5, 5.41) is 20.2. The lowest BCUT2D eigenvalue weighted by atomic mass is 10.1. The number of carbonyl (C=O) groups is 1. The van der Waals surface area contributed by atoms with Gasteiger partial charge in [-0.15, -0.1) is 0 Å². The Kier molecular flexibility index (Phi) is 3.44. The normalized spacial score (nSPS) is 14.2. The van der Waals surface area contributed by atoms with Crippen molar-refractivity contribution >= 4 is 11.7 Å². The first kappa shape index (κ1) is 12.4. The first-order valence-corrected chi connectivity index (χ1v) is 4.48. The molecule has 1 aromatic carbocycles. The quantitative estimate of drug-likeness (QED) is 0.728. The van der Waals surface area contributed by atoms with Crippen LogP contribution >= 0.6 is 0 Å². The van der Waals surface area contributed by atoms with Crippen LogP contribution in [0.5, 0.6) is 0 Å². The molecule has 6 heteroatoms. The lowest BCUT2D eigenvalue weighted by Gasteiger charge is -2.19. The van der Waals surface area contributed by atoms with E-state index in [0.29, 0.717) is 0 Å². The molecule has 0 saturated heterocycles. The number of hydrogen-bond donors (Lipinski definition) is 3. The third-order valence-corrected chi connectivity index (χ3v) is 2.04. The molecular formula is C10H11F2NO3. The van der Waals surface area contributed by atoms with Gasteiger partial charge < -0.3 is 15.5 Å². The molecule has 1 aromatic rings. The number of rotatable bonds is 4. The van der Waals surface area contributed by atoms with Gasteiger partial charge in [0.05, 0.1) is 12.2 Å². The highest BCUT2D eigenvalue weighted by atomic mass is 19.2. The third-order valence-electron chi connectivity index (χ3n) is 2.04. The number of carboxylic acid groups (broad SMARTS) is 1.